The van der Waals surface area contributed by atoms with Gasteiger partial charge >= 0.3 is 12.0 Å². The number of carbonyl (C=O) groups is 1. The van der Waals surface area contributed by atoms with Gasteiger partial charge in [-0.25, -0.2) is 14.8 Å². The van der Waals surface area contributed by atoms with E-state index in [-0.39, 0.29) is 11.9 Å². The van der Waals surface area contributed by atoms with Crippen molar-refractivity contribution in [2.75, 3.05) is 18.4 Å². The highest BCUT2D eigenvalue weighted by Crippen LogP contribution is 2.27. The molecule has 1 fully saturated rings. The number of carbonyl (C=O) groups excluding carboxylic acids is 1. The summed E-state index contributed by atoms with van der Waals surface area (Å²) in [5.74, 6) is 1.33. The minimum atomic E-state index is -0.163. The van der Waals surface area contributed by atoms with Crippen LogP contribution in [0.4, 0.5) is 10.7 Å². The SMILES string of the molecule is Cc1cnc(Oc2cccc(C=C3CCN(C(=O)Nc4onc(C)c4C)CC3C)c2)nc1. The topological polar surface area (TPSA) is 93.4 Å². The smallest absolute Gasteiger partial charge is 0.324 e. The molecule has 32 heavy (non-hydrogen) atoms. The van der Waals surface area contributed by atoms with Gasteiger partial charge in [-0.3, -0.25) is 5.32 Å². The molecular weight excluding hydrogens is 406 g/mol. The maximum Gasteiger partial charge on any atom is 0.324 e. The normalized spacial score (nSPS) is 17.4. The standard InChI is InChI=1S/C24H27N5O3/c1-15-12-25-23(26-13-15)31-21-7-5-6-19(11-21)10-20-8-9-29(14-16(20)2)24(30)27-22-17(3)18(4)28-32-22/h5-7,10-13,16H,8-9,14H2,1-4H3,(H,27,30). The van der Waals surface area contributed by atoms with E-state index >= 15 is 0 Å². The van der Waals surface area contributed by atoms with Gasteiger partial charge in [-0.15, -0.1) is 0 Å². The van der Waals surface area contributed by atoms with E-state index in [9.17, 15) is 4.79 Å². The first-order chi connectivity index (χ1) is 15.4. The number of hydrogen-bond donors (Lipinski definition) is 1. The monoisotopic (exact) mass is 433 g/mol. The number of amides is 2. The van der Waals surface area contributed by atoms with Gasteiger partial charge in [-0.05, 0) is 56.4 Å². The largest absolute Gasteiger partial charge is 0.424 e. The maximum absolute atomic E-state index is 12.7. The van der Waals surface area contributed by atoms with Gasteiger partial charge in [-0.1, -0.05) is 35.9 Å². The van der Waals surface area contributed by atoms with Crippen molar-refractivity contribution in [3.05, 3.63) is 64.6 Å². The molecule has 2 aromatic heterocycles. The van der Waals surface area contributed by atoms with E-state index in [2.05, 4.69) is 33.4 Å². The number of hydrogen-bond acceptors (Lipinski definition) is 6. The van der Waals surface area contributed by atoms with E-state index in [1.165, 1.54) is 5.57 Å². The lowest BCUT2D eigenvalue weighted by Gasteiger charge is -2.33. The summed E-state index contributed by atoms with van der Waals surface area (Å²) < 4.78 is 11.0. The number of ether oxygens (including phenoxy) is 1. The molecule has 0 aliphatic carbocycles. The molecule has 3 heterocycles. The highest BCUT2D eigenvalue weighted by Gasteiger charge is 2.25. The van der Waals surface area contributed by atoms with Gasteiger partial charge in [0, 0.05) is 31.0 Å². The zero-order valence-corrected chi connectivity index (χ0v) is 18.8. The van der Waals surface area contributed by atoms with Gasteiger partial charge < -0.3 is 14.2 Å². The summed E-state index contributed by atoms with van der Waals surface area (Å²) >= 11 is 0. The number of rotatable bonds is 4. The predicted molar refractivity (Wildman–Crippen MR) is 122 cm³/mol. The highest BCUT2D eigenvalue weighted by molar-refractivity contribution is 5.88. The fourth-order valence-electron chi connectivity index (χ4n) is 3.58. The number of benzene rings is 1. The Hall–Kier alpha value is -3.68. The van der Waals surface area contributed by atoms with E-state index in [1.807, 2.05) is 49.9 Å². The summed E-state index contributed by atoms with van der Waals surface area (Å²) in [6.07, 6.45) is 6.43. The molecule has 1 N–H and O–H groups in total. The summed E-state index contributed by atoms with van der Waals surface area (Å²) in [4.78, 5) is 22.9. The van der Waals surface area contributed by atoms with Crippen LogP contribution in [0.1, 0.15) is 35.7 Å². The van der Waals surface area contributed by atoms with Crippen molar-refractivity contribution >= 4 is 18.0 Å². The van der Waals surface area contributed by atoms with Crippen molar-refractivity contribution in [3.63, 3.8) is 0 Å². The van der Waals surface area contributed by atoms with Gasteiger partial charge in [0.25, 0.3) is 0 Å². The van der Waals surface area contributed by atoms with Crippen molar-refractivity contribution in [2.24, 2.45) is 5.92 Å². The van der Waals surface area contributed by atoms with Crippen molar-refractivity contribution < 1.29 is 14.1 Å². The quantitative estimate of drug-likeness (QED) is 0.612. The molecule has 0 bridgehead atoms. The molecule has 0 saturated carbocycles. The molecule has 0 spiro atoms. The van der Waals surface area contributed by atoms with Crippen molar-refractivity contribution in [1.82, 2.24) is 20.0 Å². The summed E-state index contributed by atoms with van der Waals surface area (Å²) in [6.45, 7) is 9.07. The molecule has 1 atom stereocenters. The van der Waals surface area contributed by atoms with Crippen LogP contribution in [0.5, 0.6) is 11.8 Å². The van der Waals surface area contributed by atoms with Crippen LogP contribution in [0.25, 0.3) is 6.08 Å². The Balaban J connectivity index is 1.40. The molecule has 8 heteroatoms. The first-order valence-electron chi connectivity index (χ1n) is 10.6. The summed E-state index contributed by atoms with van der Waals surface area (Å²) in [7, 11) is 0. The van der Waals surface area contributed by atoms with Gasteiger partial charge in [-0.2, -0.15) is 0 Å². The van der Waals surface area contributed by atoms with Gasteiger partial charge in [0.1, 0.15) is 5.75 Å². The van der Waals surface area contributed by atoms with Crippen LogP contribution in [-0.2, 0) is 0 Å². The number of likely N-dealkylation sites (tertiary alicyclic amines) is 1. The molecule has 1 saturated heterocycles. The molecule has 1 aromatic carbocycles. The first-order valence-corrected chi connectivity index (χ1v) is 10.6. The molecule has 1 aliphatic heterocycles. The van der Waals surface area contributed by atoms with E-state index in [0.29, 0.717) is 30.7 Å². The molecular formula is C24H27N5O3. The van der Waals surface area contributed by atoms with Crippen LogP contribution in [0.2, 0.25) is 0 Å². The Morgan fingerprint density at radius 1 is 1.25 bits per heavy atom. The number of nitrogens with zero attached hydrogens (tertiary/aromatic N) is 4. The third-order valence-electron chi connectivity index (χ3n) is 5.64. The van der Waals surface area contributed by atoms with Gasteiger partial charge in [0.15, 0.2) is 0 Å². The second-order valence-corrected chi connectivity index (χ2v) is 8.19. The van der Waals surface area contributed by atoms with E-state index in [1.54, 1.807) is 12.4 Å². The Bertz CT molecular complexity index is 1140. The third-order valence-corrected chi connectivity index (χ3v) is 5.64. The third kappa shape index (κ3) is 4.96. The summed E-state index contributed by atoms with van der Waals surface area (Å²) in [6, 6.07) is 8.00. The minimum Gasteiger partial charge on any atom is -0.424 e. The second-order valence-electron chi connectivity index (χ2n) is 8.19. The number of nitrogens with one attached hydrogen (secondary N) is 1. The van der Waals surface area contributed by atoms with Crippen LogP contribution in [-0.4, -0.2) is 39.1 Å². The van der Waals surface area contributed by atoms with Gasteiger partial charge in [0.2, 0.25) is 5.88 Å². The number of urea groups is 1. The Morgan fingerprint density at radius 2 is 2.03 bits per heavy atom. The average Bonchev–Trinajstić information content (AvgIpc) is 3.09. The van der Waals surface area contributed by atoms with Crippen LogP contribution >= 0.6 is 0 Å². The molecule has 2 amide bonds. The van der Waals surface area contributed by atoms with Crippen LogP contribution in [0.3, 0.4) is 0 Å². The molecule has 0 radical (unpaired) electrons. The highest BCUT2D eigenvalue weighted by atomic mass is 16.5. The minimum absolute atomic E-state index is 0.163. The number of aryl methyl sites for hydroxylation is 2. The molecule has 4 rings (SSSR count). The number of anilines is 1. The fourth-order valence-corrected chi connectivity index (χ4v) is 3.58. The van der Waals surface area contributed by atoms with Crippen LogP contribution < -0.4 is 10.1 Å². The predicted octanol–water partition coefficient (Wildman–Crippen LogP) is 5.14. The lowest BCUT2D eigenvalue weighted by atomic mass is 9.91. The maximum atomic E-state index is 12.7. The summed E-state index contributed by atoms with van der Waals surface area (Å²) in [5.41, 5.74) is 4.95. The van der Waals surface area contributed by atoms with E-state index in [0.717, 1.165) is 28.8 Å². The Kier molecular flexibility index (Phi) is 6.20. The molecule has 8 nitrogen and oxygen atoms in total. The molecule has 166 valence electrons. The lowest BCUT2D eigenvalue weighted by molar-refractivity contribution is 0.197. The van der Waals surface area contributed by atoms with Crippen molar-refractivity contribution in [2.45, 2.75) is 34.1 Å². The zero-order valence-electron chi connectivity index (χ0n) is 18.8. The Labute approximate surface area is 187 Å². The number of piperidine rings is 1. The van der Waals surface area contributed by atoms with Crippen LogP contribution in [0.15, 0.2) is 46.8 Å². The van der Waals surface area contributed by atoms with Crippen molar-refractivity contribution in [1.29, 1.82) is 0 Å². The van der Waals surface area contributed by atoms with Crippen molar-refractivity contribution in [3.8, 4) is 11.8 Å². The Morgan fingerprint density at radius 3 is 2.72 bits per heavy atom. The van der Waals surface area contributed by atoms with E-state index < -0.39 is 0 Å². The average molecular weight is 434 g/mol. The van der Waals surface area contributed by atoms with E-state index in [4.69, 9.17) is 9.26 Å². The lowest BCUT2D eigenvalue weighted by Crippen LogP contribution is -2.42. The van der Waals surface area contributed by atoms with Gasteiger partial charge in [0.05, 0.1) is 5.69 Å². The molecule has 3 aromatic rings. The zero-order chi connectivity index (χ0) is 22.7. The first kappa shape index (κ1) is 21.5. The van der Waals surface area contributed by atoms with Crippen LogP contribution in [0, 0.1) is 26.7 Å². The second kappa shape index (κ2) is 9.21. The molecule has 1 unspecified atom stereocenters. The fraction of sp³-hybridized carbons (Fsp3) is 0.333. The number of aromatic nitrogens is 3. The summed E-state index contributed by atoms with van der Waals surface area (Å²) in [5, 5.41) is 6.72. The molecule has 1 aliphatic rings.